The van der Waals surface area contributed by atoms with Crippen molar-refractivity contribution in [3.05, 3.63) is 33.8 Å². The van der Waals surface area contributed by atoms with Gasteiger partial charge in [0.1, 0.15) is 28.4 Å². The van der Waals surface area contributed by atoms with Gasteiger partial charge in [-0.3, -0.25) is 4.79 Å². The molecule has 18 heteroatoms. The Labute approximate surface area is 252 Å². The molecule has 1 saturated heterocycles. The topological polar surface area (TPSA) is 139 Å². The third-order valence-electron chi connectivity index (χ3n) is 6.35. The number of rotatable bonds is 8. The van der Waals surface area contributed by atoms with Gasteiger partial charge in [-0.25, -0.2) is 17.8 Å². The molecule has 0 aliphatic carbocycles. The van der Waals surface area contributed by atoms with Crippen LogP contribution in [0.15, 0.2) is 21.4 Å². The quantitative estimate of drug-likeness (QED) is 0.295. The second kappa shape index (κ2) is 12.0. The van der Waals surface area contributed by atoms with Crippen LogP contribution in [0.3, 0.4) is 0 Å². The van der Waals surface area contributed by atoms with Gasteiger partial charge in [-0.05, 0) is 39.2 Å². The molecule has 2 aromatic heterocycles. The van der Waals surface area contributed by atoms with Crippen LogP contribution in [0.25, 0.3) is 21.3 Å². The highest BCUT2D eigenvalue weighted by atomic mass is 35.5. The summed E-state index contributed by atoms with van der Waals surface area (Å²) in [5, 5.41) is 17.0. The predicted octanol–water partition coefficient (Wildman–Crippen LogP) is 5.59. The van der Waals surface area contributed by atoms with Gasteiger partial charge in [-0.1, -0.05) is 36.2 Å². The SMILES string of the molecule is CCC(NS(=O)(=O)c1ccc(-c2sc(-c3nnc(C(C)(C)O)o3)nc2C(=O)N2CCC(F)CC2)c(Cl)c1Cl)C(F)(F)F. The number of hydrogen-bond donors (Lipinski definition) is 2. The lowest BCUT2D eigenvalue weighted by molar-refractivity contribution is -0.151. The molecule has 1 aliphatic rings. The Morgan fingerprint density at radius 1 is 1.21 bits per heavy atom. The van der Waals surface area contributed by atoms with Crippen LogP contribution in [0.5, 0.6) is 0 Å². The van der Waals surface area contributed by atoms with E-state index in [0.717, 1.165) is 17.4 Å². The minimum absolute atomic E-state index is 0.0539. The highest BCUT2D eigenvalue weighted by molar-refractivity contribution is 7.89. The number of likely N-dealkylation sites (tertiary alicyclic amines) is 1. The predicted molar refractivity (Wildman–Crippen MR) is 147 cm³/mol. The molecule has 10 nitrogen and oxygen atoms in total. The van der Waals surface area contributed by atoms with Crippen LogP contribution >= 0.6 is 34.5 Å². The minimum Gasteiger partial charge on any atom is -0.415 e. The third-order valence-corrected chi connectivity index (χ3v) is 9.94. The van der Waals surface area contributed by atoms with Crippen molar-refractivity contribution in [1.82, 2.24) is 24.8 Å². The number of thiazole rings is 1. The number of hydrogen-bond acceptors (Lipinski definition) is 9. The van der Waals surface area contributed by atoms with Gasteiger partial charge in [0.2, 0.25) is 15.9 Å². The summed E-state index contributed by atoms with van der Waals surface area (Å²) in [6, 6.07) is -0.201. The summed E-state index contributed by atoms with van der Waals surface area (Å²) in [7, 11) is -4.77. The molecule has 230 valence electrons. The van der Waals surface area contributed by atoms with Crippen LogP contribution in [0.4, 0.5) is 17.6 Å². The number of benzene rings is 1. The Morgan fingerprint density at radius 3 is 2.40 bits per heavy atom. The molecular formula is C24H25Cl2F4N5O5S2. The molecule has 3 aromatic rings. The van der Waals surface area contributed by atoms with Crippen LogP contribution in [-0.2, 0) is 15.6 Å². The number of carbonyl (C=O) groups is 1. The van der Waals surface area contributed by atoms with Gasteiger partial charge >= 0.3 is 6.18 Å². The van der Waals surface area contributed by atoms with Crippen LogP contribution in [0.2, 0.25) is 10.0 Å². The van der Waals surface area contributed by atoms with Crippen molar-refractivity contribution in [2.75, 3.05) is 13.1 Å². The van der Waals surface area contributed by atoms with Crippen molar-refractivity contribution in [1.29, 1.82) is 0 Å². The summed E-state index contributed by atoms with van der Waals surface area (Å²) >= 11 is 13.6. The fraction of sp³-hybridized carbons (Fsp3) is 0.500. The highest BCUT2D eigenvalue weighted by Crippen LogP contribution is 2.44. The molecule has 0 radical (unpaired) electrons. The first kappa shape index (κ1) is 32.5. The molecular weight excluding hydrogens is 649 g/mol. The molecule has 42 heavy (non-hydrogen) atoms. The second-order valence-corrected chi connectivity index (χ2v) is 13.4. The lowest BCUT2D eigenvalue weighted by atomic mass is 10.1. The number of amides is 1. The molecule has 1 fully saturated rings. The lowest BCUT2D eigenvalue weighted by Gasteiger charge is -2.28. The molecule has 0 spiro atoms. The summed E-state index contributed by atoms with van der Waals surface area (Å²) < 4.78 is 86.3. The van der Waals surface area contributed by atoms with E-state index in [9.17, 15) is 35.9 Å². The maximum absolute atomic E-state index is 13.7. The summed E-state index contributed by atoms with van der Waals surface area (Å²) in [4.78, 5) is 18.7. The molecule has 2 N–H and O–H groups in total. The van der Waals surface area contributed by atoms with Gasteiger partial charge in [0.05, 0.1) is 14.9 Å². The number of nitrogens with one attached hydrogen (secondary N) is 1. The monoisotopic (exact) mass is 673 g/mol. The summed E-state index contributed by atoms with van der Waals surface area (Å²) in [5.74, 6) is -0.842. The molecule has 1 atom stereocenters. The Balaban J connectivity index is 1.80. The van der Waals surface area contributed by atoms with E-state index < -0.39 is 56.3 Å². The molecule has 4 rings (SSSR count). The molecule has 0 bridgehead atoms. The fourth-order valence-electron chi connectivity index (χ4n) is 4.04. The number of halogens is 6. The smallest absolute Gasteiger partial charge is 0.404 e. The van der Waals surface area contributed by atoms with Crippen molar-refractivity contribution in [3.63, 3.8) is 0 Å². The lowest BCUT2D eigenvalue weighted by Crippen LogP contribution is -2.44. The van der Waals surface area contributed by atoms with Crippen molar-refractivity contribution < 1.29 is 40.3 Å². The third kappa shape index (κ3) is 6.73. The molecule has 1 unspecified atom stereocenters. The van der Waals surface area contributed by atoms with Crippen LogP contribution < -0.4 is 4.72 Å². The zero-order valence-electron chi connectivity index (χ0n) is 22.3. The summed E-state index contributed by atoms with van der Waals surface area (Å²) in [6.45, 7) is 4.24. The first-order valence-corrected chi connectivity index (χ1v) is 15.6. The fourth-order valence-corrected chi connectivity index (χ4v) is 7.28. The Kier molecular flexibility index (Phi) is 9.27. The Hall–Kier alpha value is -2.37. The minimum atomic E-state index is -4.84. The average Bonchev–Trinajstić information content (AvgIpc) is 3.56. The number of carbonyl (C=O) groups excluding carboxylic acids is 1. The summed E-state index contributed by atoms with van der Waals surface area (Å²) in [6.07, 6.45) is -6.22. The van der Waals surface area contributed by atoms with E-state index in [0.29, 0.717) is 0 Å². The number of aliphatic hydroxyl groups is 1. The number of aromatic nitrogens is 3. The number of alkyl halides is 4. The van der Waals surface area contributed by atoms with Crippen LogP contribution in [0.1, 0.15) is 56.4 Å². The van der Waals surface area contributed by atoms with Crippen molar-refractivity contribution in [2.24, 2.45) is 0 Å². The zero-order chi connectivity index (χ0) is 31.2. The Morgan fingerprint density at radius 2 is 1.86 bits per heavy atom. The zero-order valence-corrected chi connectivity index (χ0v) is 25.4. The van der Waals surface area contributed by atoms with Gasteiger partial charge in [0.25, 0.3) is 11.8 Å². The largest absolute Gasteiger partial charge is 0.415 e. The van der Waals surface area contributed by atoms with E-state index in [1.54, 1.807) is 4.72 Å². The van der Waals surface area contributed by atoms with E-state index in [1.807, 2.05) is 0 Å². The van der Waals surface area contributed by atoms with Crippen molar-refractivity contribution in [3.8, 4) is 21.3 Å². The van der Waals surface area contributed by atoms with Gasteiger partial charge in [-0.15, -0.1) is 21.5 Å². The van der Waals surface area contributed by atoms with Gasteiger partial charge in [-0.2, -0.15) is 17.9 Å². The molecule has 1 amide bonds. The van der Waals surface area contributed by atoms with Crippen molar-refractivity contribution >= 4 is 50.5 Å². The standard InChI is InChI=1S/C24H25Cl2F4N5O5S2/c1-4-14(24(28,29)30)34-42(38,39)13-6-5-12(15(25)16(13)26)18-17(21(36)35-9-7-11(27)8-10-35)31-20(41-18)19-32-33-22(40-19)23(2,3)37/h5-6,11,14,34,37H,4,7-10H2,1-3H3. The first-order valence-electron chi connectivity index (χ1n) is 12.5. The van der Waals surface area contributed by atoms with E-state index in [-0.39, 0.29) is 63.9 Å². The molecule has 0 saturated carbocycles. The van der Waals surface area contributed by atoms with E-state index in [2.05, 4.69) is 15.2 Å². The average molecular weight is 675 g/mol. The molecule has 1 aromatic carbocycles. The van der Waals surface area contributed by atoms with E-state index in [1.165, 1.54) is 31.7 Å². The Bertz CT molecular complexity index is 1580. The van der Waals surface area contributed by atoms with E-state index in [4.69, 9.17) is 27.6 Å². The van der Waals surface area contributed by atoms with E-state index >= 15 is 0 Å². The number of nitrogens with zero attached hydrogens (tertiary/aromatic N) is 4. The van der Waals surface area contributed by atoms with Gasteiger partial charge in [0.15, 0.2) is 5.01 Å². The second-order valence-electron chi connectivity index (χ2n) is 10.00. The normalized spacial score (nSPS) is 16.2. The summed E-state index contributed by atoms with van der Waals surface area (Å²) in [5.41, 5.74) is -1.57. The molecule has 3 heterocycles. The maximum Gasteiger partial charge on any atom is 0.404 e. The highest BCUT2D eigenvalue weighted by Gasteiger charge is 2.41. The van der Waals surface area contributed by atoms with Crippen LogP contribution in [0, 0.1) is 0 Å². The molecule has 1 aliphatic heterocycles. The first-order chi connectivity index (χ1) is 19.4. The maximum atomic E-state index is 13.7. The van der Waals surface area contributed by atoms with Gasteiger partial charge < -0.3 is 14.4 Å². The number of piperidine rings is 1. The van der Waals surface area contributed by atoms with Crippen molar-refractivity contribution in [2.45, 2.75) is 68.9 Å². The van der Waals surface area contributed by atoms with Gasteiger partial charge in [0, 0.05) is 18.7 Å². The van der Waals surface area contributed by atoms with Crippen LogP contribution in [-0.4, -0.2) is 71.0 Å². The number of sulfonamides is 1.